The molecule has 0 unspecified atom stereocenters. The van der Waals surface area contributed by atoms with Crippen molar-refractivity contribution >= 4 is 27.5 Å². The van der Waals surface area contributed by atoms with Crippen LogP contribution in [-0.2, 0) is 29.6 Å². The van der Waals surface area contributed by atoms with Crippen molar-refractivity contribution in [1.29, 1.82) is 0 Å². The number of aromatic nitrogens is 3. The summed E-state index contributed by atoms with van der Waals surface area (Å²) < 4.78 is 69.4. The molecule has 42 heavy (non-hydrogen) atoms. The summed E-state index contributed by atoms with van der Waals surface area (Å²) in [6.07, 6.45) is 2.43. The van der Waals surface area contributed by atoms with E-state index in [0.717, 1.165) is 23.1 Å². The van der Waals surface area contributed by atoms with Gasteiger partial charge in [0.1, 0.15) is 18.2 Å². The van der Waals surface area contributed by atoms with E-state index in [0.29, 0.717) is 34.3 Å². The molecule has 0 fully saturated rings. The summed E-state index contributed by atoms with van der Waals surface area (Å²) >= 11 is 6.31. The first-order chi connectivity index (χ1) is 19.9. The number of hydrogen-bond acceptors (Lipinski definition) is 6. The van der Waals surface area contributed by atoms with Crippen LogP contribution in [0.4, 0.5) is 13.2 Å². The van der Waals surface area contributed by atoms with Crippen LogP contribution in [0.1, 0.15) is 47.1 Å². The Kier molecular flexibility index (Phi) is 9.42. The lowest BCUT2D eigenvalue weighted by Gasteiger charge is -2.10. The minimum atomic E-state index is -5.80. The van der Waals surface area contributed by atoms with Crippen molar-refractivity contribution in [2.24, 2.45) is 0 Å². The Morgan fingerprint density at radius 1 is 1.00 bits per heavy atom. The fraction of sp³-hybridized carbons (Fsp3) is 0.250. The van der Waals surface area contributed by atoms with E-state index in [4.69, 9.17) is 16.3 Å². The summed E-state index contributed by atoms with van der Waals surface area (Å²) in [6, 6.07) is 19.3. The zero-order valence-electron chi connectivity index (χ0n) is 22.3. The SMILES string of the molecule is CCCCc1nn(-c2ccccc2Cl)c(=O)n1Cc1ccc(OCc2ccc(C(=O)NS(=O)(=O)C(F)(F)F)cc2)cc1. The number of aryl methyl sites for hydroxylation is 1. The van der Waals surface area contributed by atoms with Gasteiger partial charge in [-0.1, -0.05) is 61.3 Å². The van der Waals surface area contributed by atoms with E-state index >= 15 is 0 Å². The first-order valence-electron chi connectivity index (χ1n) is 12.8. The molecule has 1 amide bonds. The molecule has 4 rings (SSSR count). The number of amides is 1. The number of sulfonamides is 1. The van der Waals surface area contributed by atoms with E-state index in [1.54, 1.807) is 41.0 Å². The van der Waals surface area contributed by atoms with Gasteiger partial charge in [-0.25, -0.2) is 9.52 Å². The number of nitrogens with zero attached hydrogens (tertiary/aromatic N) is 3. The molecular formula is C28H26ClF3N4O5S. The van der Waals surface area contributed by atoms with E-state index in [-0.39, 0.29) is 24.4 Å². The van der Waals surface area contributed by atoms with Gasteiger partial charge in [0.05, 0.1) is 17.3 Å². The zero-order valence-corrected chi connectivity index (χ0v) is 23.8. The van der Waals surface area contributed by atoms with Gasteiger partial charge in [0.15, 0.2) is 0 Å². The van der Waals surface area contributed by atoms with Crippen molar-refractivity contribution in [3.63, 3.8) is 0 Å². The predicted octanol–water partition coefficient (Wildman–Crippen LogP) is 5.24. The normalized spacial score (nSPS) is 11.8. The standard InChI is InChI=1S/C28H26ClF3N4O5S/c1-2-3-8-25-33-36(24-7-5-4-6-23(24)29)27(38)35(25)17-19-11-15-22(16-12-19)41-18-20-9-13-21(14-10-20)26(37)34-42(39,40)28(30,31)32/h4-7,9-16H,2-3,8,17-18H2,1H3,(H,34,37). The summed E-state index contributed by atoms with van der Waals surface area (Å²) in [5.74, 6) is -0.234. The summed E-state index contributed by atoms with van der Waals surface area (Å²) in [4.78, 5) is 25.2. The number of hydrogen-bond donors (Lipinski definition) is 1. The summed E-state index contributed by atoms with van der Waals surface area (Å²) in [7, 11) is -5.80. The number of unbranched alkanes of at least 4 members (excludes halogenated alkanes) is 1. The summed E-state index contributed by atoms with van der Waals surface area (Å²) in [5, 5.41) is 4.97. The van der Waals surface area contributed by atoms with Gasteiger partial charge in [-0.2, -0.15) is 26.3 Å². The molecule has 9 nitrogen and oxygen atoms in total. The van der Waals surface area contributed by atoms with Crippen molar-refractivity contribution in [2.45, 2.75) is 44.8 Å². The highest BCUT2D eigenvalue weighted by atomic mass is 35.5. The third-order valence-corrected chi connectivity index (χ3v) is 7.57. The van der Waals surface area contributed by atoms with Crippen LogP contribution in [0, 0.1) is 0 Å². The first kappa shape index (κ1) is 30.8. The highest BCUT2D eigenvalue weighted by molar-refractivity contribution is 7.90. The first-order valence-corrected chi connectivity index (χ1v) is 14.6. The molecule has 0 aliphatic carbocycles. The molecule has 0 bridgehead atoms. The van der Waals surface area contributed by atoms with Crippen LogP contribution in [0.5, 0.6) is 5.75 Å². The molecule has 3 aromatic carbocycles. The lowest BCUT2D eigenvalue weighted by atomic mass is 10.1. The third kappa shape index (κ3) is 7.21. The molecule has 1 N–H and O–H groups in total. The van der Waals surface area contributed by atoms with E-state index < -0.39 is 21.4 Å². The monoisotopic (exact) mass is 622 g/mol. The van der Waals surface area contributed by atoms with Crippen LogP contribution in [-0.4, -0.2) is 34.2 Å². The molecule has 0 atom stereocenters. The Bertz CT molecular complexity index is 1720. The number of rotatable bonds is 11. The van der Waals surface area contributed by atoms with Gasteiger partial charge < -0.3 is 4.74 Å². The Morgan fingerprint density at radius 3 is 2.26 bits per heavy atom. The van der Waals surface area contributed by atoms with Crippen molar-refractivity contribution in [2.75, 3.05) is 0 Å². The molecule has 0 aliphatic heterocycles. The fourth-order valence-corrected chi connectivity index (χ4v) is 4.62. The maximum Gasteiger partial charge on any atom is 0.516 e. The molecule has 4 aromatic rings. The number of halogens is 4. The predicted molar refractivity (Wildman–Crippen MR) is 150 cm³/mol. The van der Waals surface area contributed by atoms with Crippen molar-refractivity contribution < 1.29 is 31.1 Å². The van der Waals surface area contributed by atoms with Crippen LogP contribution in [0.15, 0.2) is 77.6 Å². The Hall–Kier alpha value is -4.10. The van der Waals surface area contributed by atoms with Crippen LogP contribution >= 0.6 is 11.6 Å². The van der Waals surface area contributed by atoms with E-state index in [1.165, 1.54) is 28.9 Å². The van der Waals surface area contributed by atoms with E-state index in [1.807, 2.05) is 12.1 Å². The van der Waals surface area contributed by atoms with Gasteiger partial charge in [0.25, 0.3) is 5.91 Å². The van der Waals surface area contributed by atoms with Gasteiger partial charge in [0, 0.05) is 12.0 Å². The number of nitrogens with one attached hydrogen (secondary N) is 1. The molecule has 14 heteroatoms. The molecule has 0 saturated carbocycles. The highest BCUT2D eigenvalue weighted by Crippen LogP contribution is 2.22. The topological polar surface area (TPSA) is 112 Å². The van der Waals surface area contributed by atoms with Gasteiger partial charge in [-0.15, -0.1) is 5.10 Å². The quantitative estimate of drug-likeness (QED) is 0.245. The maximum atomic E-state index is 13.3. The van der Waals surface area contributed by atoms with E-state index in [9.17, 15) is 31.2 Å². The molecular weight excluding hydrogens is 597 g/mol. The Balaban J connectivity index is 1.41. The summed E-state index contributed by atoms with van der Waals surface area (Å²) in [6.45, 7) is 2.42. The lowest BCUT2D eigenvalue weighted by Crippen LogP contribution is -2.40. The number of ether oxygens (including phenoxy) is 1. The van der Waals surface area contributed by atoms with Gasteiger partial charge in [-0.05, 0) is 53.9 Å². The smallest absolute Gasteiger partial charge is 0.489 e. The molecule has 0 spiro atoms. The molecule has 0 radical (unpaired) electrons. The van der Waals surface area contributed by atoms with Gasteiger partial charge in [0.2, 0.25) is 0 Å². The van der Waals surface area contributed by atoms with E-state index in [2.05, 4.69) is 12.0 Å². The van der Waals surface area contributed by atoms with Crippen LogP contribution < -0.4 is 15.1 Å². The summed E-state index contributed by atoms with van der Waals surface area (Å²) in [5.41, 5.74) is -4.23. The third-order valence-electron chi connectivity index (χ3n) is 6.19. The molecule has 1 heterocycles. The average Bonchev–Trinajstić information content (AvgIpc) is 3.25. The number of carbonyl (C=O) groups excluding carboxylic acids is 1. The maximum absolute atomic E-state index is 13.3. The van der Waals surface area contributed by atoms with Crippen LogP contribution in [0.25, 0.3) is 5.69 Å². The fourth-order valence-electron chi connectivity index (χ4n) is 3.93. The second-order valence-corrected chi connectivity index (χ2v) is 11.3. The largest absolute Gasteiger partial charge is 0.516 e. The Labute approximate surface area is 244 Å². The number of benzene rings is 3. The zero-order chi connectivity index (χ0) is 30.5. The number of alkyl halides is 3. The van der Waals surface area contributed by atoms with Gasteiger partial charge in [-0.3, -0.25) is 9.36 Å². The second-order valence-electron chi connectivity index (χ2n) is 9.26. The van der Waals surface area contributed by atoms with Crippen molar-refractivity contribution in [3.8, 4) is 11.4 Å². The molecule has 0 aliphatic rings. The highest BCUT2D eigenvalue weighted by Gasteiger charge is 2.47. The minimum Gasteiger partial charge on any atom is -0.489 e. The minimum absolute atomic E-state index is 0.0767. The van der Waals surface area contributed by atoms with Crippen LogP contribution in [0.3, 0.4) is 0 Å². The average molecular weight is 623 g/mol. The lowest BCUT2D eigenvalue weighted by molar-refractivity contribution is -0.0446. The molecule has 1 aromatic heterocycles. The van der Waals surface area contributed by atoms with Crippen LogP contribution in [0.2, 0.25) is 5.02 Å². The van der Waals surface area contributed by atoms with Crippen molar-refractivity contribution in [3.05, 3.63) is 111 Å². The number of para-hydroxylation sites is 1. The molecule has 0 saturated heterocycles. The second kappa shape index (κ2) is 12.8. The van der Waals surface area contributed by atoms with Gasteiger partial charge >= 0.3 is 21.2 Å². The Morgan fingerprint density at radius 2 is 1.64 bits per heavy atom. The molecule has 222 valence electrons. The van der Waals surface area contributed by atoms with Crippen molar-refractivity contribution in [1.82, 2.24) is 19.1 Å². The number of carbonyl (C=O) groups is 1.